The van der Waals surface area contributed by atoms with Crippen LogP contribution in [0.2, 0.25) is 0 Å². The van der Waals surface area contributed by atoms with Crippen LogP contribution in [0.3, 0.4) is 0 Å². The minimum atomic E-state index is -0.342. The van der Waals surface area contributed by atoms with E-state index in [1.165, 1.54) is 5.56 Å². The third kappa shape index (κ3) is 3.50. The van der Waals surface area contributed by atoms with Crippen molar-refractivity contribution < 1.29 is 9.63 Å². The molecule has 1 N–H and O–H groups in total. The summed E-state index contributed by atoms with van der Waals surface area (Å²) < 4.78 is 0. The van der Waals surface area contributed by atoms with Crippen LogP contribution in [-0.2, 0) is 9.63 Å². The molecular weight excluding hydrogens is 262 g/mol. The van der Waals surface area contributed by atoms with Gasteiger partial charge in [-0.3, -0.25) is 15.1 Å². The van der Waals surface area contributed by atoms with Gasteiger partial charge in [-0.25, -0.2) is 0 Å². The van der Waals surface area contributed by atoms with Gasteiger partial charge in [0, 0.05) is 6.42 Å². The molecule has 0 radical (unpaired) electrons. The third-order valence-electron chi connectivity index (χ3n) is 3.95. The van der Waals surface area contributed by atoms with Crippen molar-refractivity contribution in [3.8, 4) is 0 Å². The van der Waals surface area contributed by atoms with Crippen molar-refractivity contribution in [2.24, 2.45) is 0 Å². The normalized spacial score (nSPS) is 22.0. The molecule has 2 atom stereocenters. The van der Waals surface area contributed by atoms with Crippen LogP contribution < -0.4 is 5.48 Å². The Balaban J connectivity index is 1.55. The summed E-state index contributed by atoms with van der Waals surface area (Å²) in [7, 11) is 0. The lowest BCUT2D eigenvalue weighted by Crippen LogP contribution is -2.32. The first-order valence-electron chi connectivity index (χ1n) is 7.37. The molecule has 3 rings (SSSR count). The number of ketones is 1. The summed E-state index contributed by atoms with van der Waals surface area (Å²) in [5, 5.41) is 0. The molecule has 1 fully saturated rings. The maximum atomic E-state index is 12.2. The van der Waals surface area contributed by atoms with Crippen molar-refractivity contribution in [3.05, 3.63) is 66.2 Å². The topological polar surface area (TPSA) is 38.3 Å². The van der Waals surface area contributed by atoms with Gasteiger partial charge in [0.25, 0.3) is 0 Å². The van der Waals surface area contributed by atoms with Crippen molar-refractivity contribution in [1.29, 1.82) is 0 Å². The first kappa shape index (κ1) is 13.8. The highest BCUT2D eigenvalue weighted by Gasteiger charge is 2.30. The molecule has 0 saturated heterocycles. The number of hydrogen-bond donors (Lipinski definition) is 1. The number of nitrogens with one attached hydrogen (secondary N) is 1. The van der Waals surface area contributed by atoms with Crippen molar-refractivity contribution in [3.63, 3.8) is 0 Å². The molecule has 3 heteroatoms. The molecule has 2 aromatic carbocycles. The van der Waals surface area contributed by atoms with Crippen molar-refractivity contribution in [1.82, 2.24) is 0 Å². The van der Waals surface area contributed by atoms with E-state index >= 15 is 0 Å². The lowest BCUT2D eigenvalue weighted by molar-refractivity contribution is -0.131. The minimum Gasteiger partial charge on any atom is -0.297 e. The Bertz CT molecular complexity index is 583. The number of benzene rings is 2. The average molecular weight is 281 g/mol. The van der Waals surface area contributed by atoms with Crippen LogP contribution in [0.4, 0.5) is 5.69 Å². The van der Waals surface area contributed by atoms with E-state index in [4.69, 9.17) is 4.84 Å². The number of carbonyl (C=O) groups excluding carboxylic acids is 1. The van der Waals surface area contributed by atoms with Gasteiger partial charge in [0.15, 0.2) is 5.78 Å². The molecule has 0 aliphatic heterocycles. The number of hydrogen-bond acceptors (Lipinski definition) is 3. The van der Waals surface area contributed by atoms with Crippen molar-refractivity contribution >= 4 is 11.5 Å². The van der Waals surface area contributed by atoms with Gasteiger partial charge in [0.1, 0.15) is 6.10 Å². The number of rotatable bonds is 4. The summed E-state index contributed by atoms with van der Waals surface area (Å²) in [6.07, 6.45) is 1.96. The molecule has 0 heterocycles. The first-order chi connectivity index (χ1) is 10.3. The molecule has 108 valence electrons. The zero-order valence-corrected chi connectivity index (χ0v) is 11.9. The first-order valence-corrected chi connectivity index (χ1v) is 7.37. The molecule has 0 bridgehead atoms. The SMILES string of the molecule is O=C1C[C@@H](c2ccccc2)CC[C@H]1ONc1ccccc1. The molecule has 0 spiro atoms. The number of carbonyl (C=O) groups is 1. The Labute approximate surface area is 124 Å². The van der Waals surface area contributed by atoms with Crippen LogP contribution in [-0.4, -0.2) is 11.9 Å². The second kappa shape index (κ2) is 6.55. The Morgan fingerprint density at radius 1 is 0.905 bits per heavy atom. The van der Waals surface area contributed by atoms with E-state index in [2.05, 4.69) is 17.6 Å². The predicted molar refractivity (Wildman–Crippen MR) is 83.0 cm³/mol. The van der Waals surface area contributed by atoms with Crippen LogP contribution in [0.15, 0.2) is 60.7 Å². The molecule has 0 unspecified atom stereocenters. The molecule has 0 amide bonds. The number of Topliss-reactive ketones (excluding diaryl/α,β-unsaturated/α-hetero) is 1. The Morgan fingerprint density at radius 2 is 1.57 bits per heavy atom. The van der Waals surface area contributed by atoms with Gasteiger partial charge in [-0.2, -0.15) is 0 Å². The molecule has 1 saturated carbocycles. The van der Waals surface area contributed by atoms with Gasteiger partial charge >= 0.3 is 0 Å². The van der Waals surface area contributed by atoms with E-state index in [9.17, 15) is 4.79 Å². The zero-order valence-electron chi connectivity index (χ0n) is 11.9. The Morgan fingerprint density at radius 3 is 2.24 bits per heavy atom. The highest BCUT2D eigenvalue weighted by atomic mass is 16.7. The largest absolute Gasteiger partial charge is 0.297 e. The smallest absolute Gasteiger partial charge is 0.164 e. The summed E-state index contributed by atoms with van der Waals surface area (Å²) >= 11 is 0. The summed E-state index contributed by atoms with van der Waals surface area (Å²) in [5.74, 6) is 0.508. The average Bonchev–Trinajstić information content (AvgIpc) is 2.55. The maximum absolute atomic E-state index is 12.2. The van der Waals surface area contributed by atoms with Crippen LogP contribution in [0.1, 0.15) is 30.7 Å². The van der Waals surface area contributed by atoms with Crippen molar-refractivity contribution in [2.45, 2.75) is 31.3 Å². The highest BCUT2D eigenvalue weighted by molar-refractivity contribution is 5.84. The lowest BCUT2D eigenvalue weighted by Gasteiger charge is -2.27. The van der Waals surface area contributed by atoms with Crippen molar-refractivity contribution in [2.75, 3.05) is 5.48 Å². The van der Waals surface area contributed by atoms with E-state index in [1.807, 2.05) is 48.5 Å². The molecule has 1 aliphatic rings. The van der Waals surface area contributed by atoms with Gasteiger partial charge in [-0.1, -0.05) is 48.5 Å². The van der Waals surface area contributed by atoms with Crippen LogP contribution in [0.25, 0.3) is 0 Å². The standard InChI is InChI=1S/C18H19NO2/c20-17-13-15(14-7-3-1-4-8-14)11-12-18(17)21-19-16-9-5-2-6-10-16/h1-10,15,18-19H,11-13H2/t15-,18+/m0/s1. The van der Waals surface area contributed by atoms with Gasteiger partial charge in [-0.05, 0) is 36.5 Å². The van der Waals surface area contributed by atoms with E-state index in [-0.39, 0.29) is 11.9 Å². The number of para-hydroxylation sites is 1. The van der Waals surface area contributed by atoms with Gasteiger partial charge < -0.3 is 0 Å². The minimum absolute atomic E-state index is 0.179. The second-order valence-corrected chi connectivity index (χ2v) is 5.43. The Kier molecular flexibility index (Phi) is 4.31. The third-order valence-corrected chi connectivity index (χ3v) is 3.95. The van der Waals surface area contributed by atoms with Gasteiger partial charge in [-0.15, -0.1) is 0 Å². The lowest BCUT2D eigenvalue weighted by atomic mass is 9.82. The number of anilines is 1. The molecule has 2 aromatic rings. The molecule has 0 aromatic heterocycles. The van der Waals surface area contributed by atoms with E-state index in [1.54, 1.807) is 0 Å². The van der Waals surface area contributed by atoms with E-state index < -0.39 is 0 Å². The van der Waals surface area contributed by atoms with Crippen LogP contribution in [0.5, 0.6) is 0 Å². The predicted octanol–water partition coefficient (Wildman–Crippen LogP) is 3.94. The second-order valence-electron chi connectivity index (χ2n) is 5.43. The summed E-state index contributed by atoms with van der Waals surface area (Å²) in [4.78, 5) is 17.8. The van der Waals surface area contributed by atoms with Gasteiger partial charge in [0.2, 0.25) is 0 Å². The molecule has 1 aliphatic carbocycles. The van der Waals surface area contributed by atoms with Crippen LogP contribution in [0, 0.1) is 0 Å². The van der Waals surface area contributed by atoms with E-state index in [0.717, 1.165) is 18.5 Å². The fourth-order valence-corrected chi connectivity index (χ4v) is 2.77. The van der Waals surface area contributed by atoms with E-state index in [0.29, 0.717) is 12.3 Å². The molecular formula is C18H19NO2. The fraction of sp³-hybridized carbons (Fsp3) is 0.278. The monoisotopic (exact) mass is 281 g/mol. The summed E-state index contributed by atoms with van der Waals surface area (Å²) in [5.41, 5.74) is 5.00. The quantitative estimate of drug-likeness (QED) is 0.863. The summed E-state index contributed by atoms with van der Waals surface area (Å²) in [6, 6.07) is 19.9. The van der Waals surface area contributed by atoms with Gasteiger partial charge in [0.05, 0.1) is 5.69 Å². The van der Waals surface area contributed by atoms with Crippen LogP contribution >= 0.6 is 0 Å². The maximum Gasteiger partial charge on any atom is 0.164 e. The molecule has 21 heavy (non-hydrogen) atoms. The Hall–Kier alpha value is -2.13. The summed E-state index contributed by atoms with van der Waals surface area (Å²) in [6.45, 7) is 0. The fourth-order valence-electron chi connectivity index (χ4n) is 2.77. The highest BCUT2D eigenvalue weighted by Crippen LogP contribution is 2.32. The zero-order chi connectivity index (χ0) is 14.5. The molecule has 3 nitrogen and oxygen atoms in total.